The maximum absolute atomic E-state index is 12.7. The third kappa shape index (κ3) is 5.16. The molecule has 2 aromatic carbocycles. The lowest BCUT2D eigenvalue weighted by atomic mass is 10.1. The Morgan fingerprint density at radius 2 is 1.84 bits per heavy atom. The van der Waals surface area contributed by atoms with E-state index < -0.39 is 6.10 Å². The number of amides is 1. The van der Waals surface area contributed by atoms with Gasteiger partial charge in [-0.2, -0.15) is 0 Å². The Morgan fingerprint density at radius 3 is 2.40 bits per heavy atom. The topological polar surface area (TPSA) is 62.1 Å². The van der Waals surface area contributed by atoms with Gasteiger partial charge in [-0.25, -0.2) is 0 Å². The number of hydrogen-bond donors (Lipinski definition) is 1. The first kappa shape index (κ1) is 18.7. The van der Waals surface area contributed by atoms with Crippen molar-refractivity contribution in [2.24, 2.45) is 5.16 Å². The van der Waals surface area contributed by atoms with Gasteiger partial charge in [0.25, 0.3) is 5.91 Å². The predicted molar refractivity (Wildman–Crippen MR) is 98.8 cm³/mol. The van der Waals surface area contributed by atoms with Crippen LogP contribution in [0.3, 0.4) is 0 Å². The first-order chi connectivity index (χ1) is 12.0. The lowest BCUT2D eigenvalue weighted by molar-refractivity contribution is 0.0635. The molecule has 132 valence electrons. The van der Waals surface area contributed by atoms with Gasteiger partial charge in [-0.1, -0.05) is 47.1 Å². The number of carbonyl (C=O) groups excluding carboxylic acids is 1. The van der Waals surface area contributed by atoms with Gasteiger partial charge in [0.2, 0.25) is 0 Å². The first-order valence-corrected chi connectivity index (χ1v) is 8.25. The van der Waals surface area contributed by atoms with Crippen LogP contribution in [0.4, 0.5) is 0 Å². The van der Waals surface area contributed by atoms with Crippen molar-refractivity contribution in [3.8, 4) is 0 Å². The quantitative estimate of drug-likeness (QED) is 0.622. The SMILES string of the molecule is CCN(CC(O)c1ccc(C)cc1)C(=O)c1ccc(/C=N/OC)cc1. The molecule has 1 atom stereocenters. The van der Waals surface area contributed by atoms with Gasteiger partial charge in [0.05, 0.1) is 18.9 Å². The van der Waals surface area contributed by atoms with Crippen LogP contribution in [-0.4, -0.2) is 42.3 Å². The highest BCUT2D eigenvalue weighted by Crippen LogP contribution is 2.17. The molecule has 1 unspecified atom stereocenters. The number of nitrogens with zero attached hydrogens (tertiary/aromatic N) is 2. The van der Waals surface area contributed by atoms with Crippen LogP contribution < -0.4 is 0 Å². The van der Waals surface area contributed by atoms with Crippen LogP contribution in [0.1, 0.15) is 40.1 Å². The number of likely N-dealkylation sites (N-methyl/N-ethyl adjacent to an activating group) is 1. The molecule has 0 spiro atoms. The lowest BCUT2D eigenvalue weighted by Crippen LogP contribution is -2.34. The molecule has 0 aliphatic heterocycles. The molecule has 1 amide bonds. The molecule has 2 rings (SSSR count). The van der Waals surface area contributed by atoms with Crippen molar-refractivity contribution in [1.82, 2.24) is 4.90 Å². The fraction of sp³-hybridized carbons (Fsp3) is 0.300. The molecule has 1 N–H and O–H groups in total. The Bertz CT molecular complexity index is 709. The predicted octanol–water partition coefficient (Wildman–Crippen LogP) is 3.17. The van der Waals surface area contributed by atoms with E-state index in [1.54, 1.807) is 35.4 Å². The van der Waals surface area contributed by atoms with Crippen LogP contribution in [0.5, 0.6) is 0 Å². The maximum atomic E-state index is 12.7. The summed E-state index contributed by atoms with van der Waals surface area (Å²) in [7, 11) is 1.48. The molecule has 0 radical (unpaired) electrons. The highest BCUT2D eigenvalue weighted by atomic mass is 16.6. The van der Waals surface area contributed by atoms with E-state index in [1.165, 1.54) is 7.11 Å². The summed E-state index contributed by atoms with van der Waals surface area (Å²) >= 11 is 0. The van der Waals surface area contributed by atoms with E-state index in [1.807, 2.05) is 38.1 Å². The van der Waals surface area contributed by atoms with Crippen LogP contribution in [0.2, 0.25) is 0 Å². The first-order valence-electron chi connectivity index (χ1n) is 8.25. The van der Waals surface area contributed by atoms with E-state index in [0.29, 0.717) is 12.1 Å². The second kappa shape index (κ2) is 8.99. The number of rotatable bonds is 7. The molecule has 0 aromatic heterocycles. The second-order valence-corrected chi connectivity index (χ2v) is 5.81. The summed E-state index contributed by atoms with van der Waals surface area (Å²) in [5.41, 5.74) is 3.37. The molecule has 25 heavy (non-hydrogen) atoms. The van der Waals surface area contributed by atoms with Crippen molar-refractivity contribution >= 4 is 12.1 Å². The molecule has 0 saturated carbocycles. The van der Waals surface area contributed by atoms with Gasteiger partial charge in [0, 0.05) is 12.1 Å². The molecule has 0 aliphatic carbocycles. The van der Waals surface area contributed by atoms with Crippen LogP contribution >= 0.6 is 0 Å². The molecule has 0 bridgehead atoms. The Hall–Kier alpha value is -2.66. The third-order valence-electron chi connectivity index (χ3n) is 3.99. The molecular weight excluding hydrogens is 316 g/mol. The minimum atomic E-state index is -0.711. The Balaban J connectivity index is 2.07. The summed E-state index contributed by atoms with van der Waals surface area (Å²) in [5, 5.41) is 14.1. The minimum Gasteiger partial charge on any atom is -0.399 e. The summed E-state index contributed by atoms with van der Waals surface area (Å²) in [5.74, 6) is -0.108. The molecule has 2 aromatic rings. The zero-order chi connectivity index (χ0) is 18.2. The van der Waals surface area contributed by atoms with Crippen molar-refractivity contribution in [2.75, 3.05) is 20.2 Å². The monoisotopic (exact) mass is 340 g/mol. The van der Waals surface area contributed by atoms with E-state index in [-0.39, 0.29) is 12.5 Å². The van der Waals surface area contributed by atoms with E-state index in [2.05, 4.69) is 9.99 Å². The van der Waals surface area contributed by atoms with Gasteiger partial charge in [0.1, 0.15) is 7.11 Å². The molecule has 0 aliphatic rings. The van der Waals surface area contributed by atoms with Gasteiger partial charge >= 0.3 is 0 Å². The zero-order valence-corrected chi connectivity index (χ0v) is 14.8. The van der Waals surface area contributed by atoms with Gasteiger partial charge in [0.15, 0.2) is 0 Å². The summed E-state index contributed by atoms with van der Waals surface area (Å²) in [6, 6.07) is 14.8. The Labute approximate surface area is 148 Å². The molecule has 5 heteroatoms. The van der Waals surface area contributed by atoms with Gasteiger partial charge < -0.3 is 14.8 Å². The Morgan fingerprint density at radius 1 is 1.20 bits per heavy atom. The number of aliphatic hydroxyl groups is 1. The third-order valence-corrected chi connectivity index (χ3v) is 3.99. The highest BCUT2D eigenvalue weighted by Gasteiger charge is 2.18. The number of carbonyl (C=O) groups is 1. The molecule has 0 fully saturated rings. The van der Waals surface area contributed by atoms with Crippen LogP contribution in [-0.2, 0) is 4.84 Å². The minimum absolute atomic E-state index is 0.108. The van der Waals surface area contributed by atoms with Crippen molar-refractivity contribution in [1.29, 1.82) is 0 Å². The number of aryl methyl sites for hydroxylation is 1. The van der Waals surface area contributed by atoms with Crippen LogP contribution in [0, 0.1) is 6.92 Å². The Kier molecular flexibility index (Phi) is 6.71. The summed E-state index contributed by atoms with van der Waals surface area (Å²) < 4.78 is 0. The van der Waals surface area contributed by atoms with Crippen molar-refractivity contribution in [3.63, 3.8) is 0 Å². The maximum Gasteiger partial charge on any atom is 0.253 e. The van der Waals surface area contributed by atoms with Gasteiger partial charge in [-0.05, 0) is 37.1 Å². The number of oxime groups is 1. The van der Waals surface area contributed by atoms with E-state index >= 15 is 0 Å². The molecule has 0 saturated heterocycles. The standard InChI is InChI=1S/C20H24N2O3/c1-4-22(14-19(23)17-9-5-15(2)6-10-17)20(24)18-11-7-16(8-12-18)13-21-25-3/h5-13,19,23H,4,14H2,1-3H3/b21-13+. The van der Waals surface area contributed by atoms with E-state index in [9.17, 15) is 9.90 Å². The lowest BCUT2D eigenvalue weighted by Gasteiger charge is -2.24. The fourth-order valence-corrected chi connectivity index (χ4v) is 2.47. The summed E-state index contributed by atoms with van der Waals surface area (Å²) in [6.45, 7) is 4.68. The number of benzene rings is 2. The van der Waals surface area contributed by atoms with E-state index in [0.717, 1.165) is 16.7 Å². The number of hydrogen-bond acceptors (Lipinski definition) is 4. The molecule has 0 heterocycles. The van der Waals surface area contributed by atoms with Crippen molar-refractivity contribution < 1.29 is 14.7 Å². The fourth-order valence-electron chi connectivity index (χ4n) is 2.47. The van der Waals surface area contributed by atoms with Gasteiger partial charge in [-0.3, -0.25) is 4.79 Å². The average molecular weight is 340 g/mol. The number of aliphatic hydroxyl groups excluding tert-OH is 1. The molecular formula is C20H24N2O3. The van der Waals surface area contributed by atoms with Gasteiger partial charge in [-0.15, -0.1) is 0 Å². The van der Waals surface area contributed by atoms with Crippen LogP contribution in [0.25, 0.3) is 0 Å². The second-order valence-electron chi connectivity index (χ2n) is 5.81. The van der Waals surface area contributed by atoms with Crippen molar-refractivity contribution in [2.45, 2.75) is 20.0 Å². The summed E-state index contributed by atoms with van der Waals surface area (Å²) in [4.78, 5) is 19.0. The smallest absolute Gasteiger partial charge is 0.253 e. The normalized spacial score (nSPS) is 12.2. The van der Waals surface area contributed by atoms with Crippen LogP contribution in [0.15, 0.2) is 53.7 Å². The largest absolute Gasteiger partial charge is 0.399 e. The van der Waals surface area contributed by atoms with Crippen molar-refractivity contribution in [3.05, 3.63) is 70.8 Å². The molecule has 5 nitrogen and oxygen atoms in total. The van der Waals surface area contributed by atoms with E-state index in [4.69, 9.17) is 0 Å². The summed E-state index contributed by atoms with van der Waals surface area (Å²) in [6.07, 6.45) is 0.866. The average Bonchev–Trinajstić information content (AvgIpc) is 2.64. The highest BCUT2D eigenvalue weighted by molar-refractivity contribution is 5.95. The zero-order valence-electron chi connectivity index (χ0n) is 14.8.